The van der Waals surface area contributed by atoms with Crippen LogP contribution < -0.4 is 0 Å². The highest BCUT2D eigenvalue weighted by molar-refractivity contribution is 6.17. The molecule has 0 unspecified atom stereocenters. The minimum Gasteiger partial charge on any atom is -0.456 e. The van der Waals surface area contributed by atoms with Gasteiger partial charge in [0, 0.05) is 98.0 Å². The molecule has 15 heteroatoms. The number of hydrogen-bond donors (Lipinski definition) is 0. The second-order valence-corrected chi connectivity index (χ2v) is 32.7. The first kappa shape index (κ1) is 76.2. The average molecular weight is 1690 g/mol. The van der Waals surface area contributed by atoms with E-state index < -0.39 is 0 Å². The minimum atomic E-state index is 0.565. The highest BCUT2D eigenvalue weighted by atomic mass is 16.3. The largest absolute Gasteiger partial charge is 0.456 e. The van der Waals surface area contributed by atoms with Crippen molar-refractivity contribution >= 4 is 131 Å². The maximum Gasteiger partial charge on any atom is 0.238 e. The molecule has 0 saturated carbocycles. The first-order valence-corrected chi connectivity index (χ1v) is 43.9. The van der Waals surface area contributed by atoms with Crippen molar-refractivity contribution in [3.8, 4) is 120 Å². The van der Waals surface area contributed by atoms with E-state index in [1.165, 1.54) is 27.6 Å². The summed E-state index contributed by atoms with van der Waals surface area (Å²) < 4.78 is 25.1. The molecule has 0 saturated heterocycles. The molecule has 0 fully saturated rings. The molecule has 618 valence electrons. The lowest BCUT2D eigenvalue weighted by Crippen LogP contribution is -2.06. The molecular formula is C117H72N12O3. The monoisotopic (exact) mass is 1690 g/mol. The zero-order valence-corrected chi connectivity index (χ0v) is 70.7. The Kier molecular flexibility index (Phi) is 18.5. The van der Waals surface area contributed by atoms with Crippen LogP contribution in [0.3, 0.4) is 0 Å². The van der Waals surface area contributed by atoms with Crippen LogP contribution in [0.25, 0.3) is 251 Å². The Hall–Kier alpha value is -18.2. The van der Waals surface area contributed by atoms with Crippen molar-refractivity contribution in [2.75, 3.05) is 0 Å². The van der Waals surface area contributed by atoms with Crippen LogP contribution in [0.4, 0.5) is 0 Å². The Labute approximate surface area is 754 Å². The molecule has 0 N–H and O–H groups in total. The Morgan fingerprint density at radius 3 is 0.841 bits per heavy atom. The molecule has 0 aliphatic heterocycles. The quantitative estimate of drug-likeness (QED) is 0.114. The summed E-state index contributed by atoms with van der Waals surface area (Å²) in [6.07, 6.45) is 0. The van der Waals surface area contributed by atoms with Crippen LogP contribution >= 0.6 is 0 Å². The Balaban J connectivity index is 0.000000106. The predicted octanol–water partition coefficient (Wildman–Crippen LogP) is 29.6. The summed E-state index contributed by atoms with van der Waals surface area (Å²) in [4.78, 5) is 45.6. The maximum atomic E-state index is 6.23. The van der Waals surface area contributed by atoms with Crippen molar-refractivity contribution in [2.24, 2.45) is 0 Å². The highest BCUT2D eigenvalue weighted by Gasteiger charge is 2.26. The lowest BCUT2D eigenvalue weighted by atomic mass is 9.99. The molecular weight excluding hydrogens is 1620 g/mol. The van der Waals surface area contributed by atoms with Gasteiger partial charge in [0.05, 0.1) is 33.1 Å². The van der Waals surface area contributed by atoms with Crippen LogP contribution in [0.1, 0.15) is 0 Å². The van der Waals surface area contributed by atoms with Gasteiger partial charge < -0.3 is 13.3 Å². The third-order valence-corrected chi connectivity index (χ3v) is 24.8. The summed E-state index contributed by atoms with van der Waals surface area (Å²) in [6, 6.07) is 150. The van der Waals surface area contributed by atoms with Crippen molar-refractivity contribution < 1.29 is 13.3 Å². The Bertz CT molecular complexity index is 8960. The first-order chi connectivity index (χ1) is 65.4. The van der Waals surface area contributed by atoms with Crippen LogP contribution in [-0.2, 0) is 0 Å². The van der Waals surface area contributed by atoms with E-state index in [0.717, 1.165) is 170 Å². The molecule has 0 aliphatic rings. The van der Waals surface area contributed by atoms with Gasteiger partial charge >= 0.3 is 0 Å². The third-order valence-electron chi connectivity index (χ3n) is 24.8. The van der Waals surface area contributed by atoms with Crippen molar-refractivity contribution in [3.63, 3.8) is 0 Å². The molecule has 27 rings (SSSR count). The standard InChI is InChI=1S/3C39H24N4O/c1-3-12-25(13-4-1)28-18-11-20-33-36(28)31-17-7-9-19-32(31)43(33)39-41-37(26-14-5-2-6-15-26)40-38(42-39)27-22-23-30-29-16-8-10-21-34(29)44-35(30)24-27;1-3-11-25(12-4-1)27-20-22-34-32(23-27)29-15-7-9-17-33(29)43(34)39-41-37(26-13-5-2-6-14-26)40-38(42-39)28-19-21-31-30-16-8-10-18-35(30)44-36(31)24-28;1-3-11-25(12-4-1)27-19-21-30-29-15-7-9-17-33(29)43(34(30)23-27)39-41-37(26-13-5-2-6-14-26)40-38(42-39)28-20-22-32-31-16-8-10-18-35(31)44-36(32)24-28/h3*1-24H. The van der Waals surface area contributed by atoms with Crippen LogP contribution in [0.5, 0.6) is 0 Å². The molecule has 9 aromatic heterocycles. The Morgan fingerprint density at radius 1 is 0.144 bits per heavy atom. The average Bonchev–Trinajstić information content (AvgIpc) is 1.58. The third kappa shape index (κ3) is 13.5. The van der Waals surface area contributed by atoms with Gasteiger partial charge in [0.15, 0.2) is 34.9 Å². The lowest BCUT2D eigenvalue weighted by Gasteiger charge is -2.11. The maximum absolute atomic E-state index is 6.23. The highest BCUT2D eigenvalue weighted by Crippen LogP contribution is 2.44. The van der Waals surface area contributed by atoms with Gasteiger partial charge in [-0.25, -0.2) is 15.0 Å². The number of nitrogens with zero attached hydrogens (tertiary/aromatic N) is 12. The molecule has 0 bridgehead atoms. The van der Waals surface area contributed by atoms with E-state index in [0.29, 0.717) is 52.8 Å². The summed E-state index contributed by atoms with van der Waals surface area (Å²) in [6.45, 7) is 0. The van der Waals surface area contributed by atoms with E-state index in [2.05, 4.69) is 268 Å². The van der Waals surface area contributed by atoms with Crippen LogP contribution in [0.2, 0.25) is 0 Å². The number of aromatic nitrogens is 12. The summed E-state index contributed by atoms with van der Waals surface area (Å²) in [7, 11) is 0. The number of fused-ring (bicyclic) bond motifs is 18. The summed E-state index contributed by atoms with van der Waals surface area (Å²) in [5, 5.41) is 13.4. The Morgan fingerprint density at radius 2 is 0.417 bits per heavy atom. The zero-order valence-electron chi connectivity index (χ0n) is 70.7. The fourth-order valence-electron chi connectivity index (χ4n) is 18.6. The zero-order chi connectivity index (χ0) is 87.1. The molecule has 132 heavy (non-hydrogen) atoms. The molecule has 0 spiro atoms. The lowest BCUT2D eigenvalue weighted by molar-refractivity contribution is 0.668. The van der Waals surface area contributed by atoms with E-state index in [9.17, 15) is 0 Å². The molecule has 27 aromatic rings. The molecule has 15 nitrogen and oxygen atoms in total. The smallest absolute Gasteiger partial charge is 0.238 e. The predicted molar refractivity (Wildman–Crippen MR) is 533 cm³/mol. The molecule has 0 amide bonds. The molecule has 0 radical (unpaired) electrons. The second-order valence-electron chi connectivity index (χ2n) is 32.7. The summed E-state index contributed by atoms with van der Waals surface area (Å²) in [5.74, 6) is 5.29. The van der Waals surface area contributed by atoms with E-state index >= 15 is 0 Å². The second kappa shape index (κ2) is 32.0. The number of para-hydroxylation sites is 6. The molecule has 0 aliphatic carbocycles. The van der Waals surface area contributed by atoms with Gasteiger partial charge in [-0.2, -0.15) is 29.9 Å². The van der Waals surface area contributed by atoms with Crippen LogP contribution in [-0.4, -0.2) is 58.6 Å². The van der Waals surface area contributed by atoms with Gasteiger partial charge in [-0.05, 0) is 130 Å². The SMILES string of the molecule is c1ccc(-c2ccc3c(c2)c2ccccc2n3-c2nc(-c3ccccc3)nc(-c3ccc4c(c3)oc3ccccc34)n2)cc1.c1ccc(-c2ccc3c4ccccc4n(-c4nc(-c5ccccc5)nc(-c5ccc6c(c5)oc5ccccc56)n4)c3c2)cc1.c1ccc(-c2nc(-c3ccc4c(c3)oc3ccccc34)nc(-n3c4ccccc4c4c(-c5ccccc5)cccc43)n2)cc1. The van der Waals surface area contributed by atoms with E-state index in [1.54, 1.807) is 0 Å². The van der Waals surface area contributed by atoms with Crippen LogP contribution in [0.15, 0.2) is 450 Å². The number of hydrogen-bond acceptors (Lipinski definition) is 12. The summed E-state index contributed by atoms with van der Waals surface area (Å²) >= 11 is 0. The fourth-order valence-corrected chi connectivity index (χ4v) is 18.6. The van der Waals surface area contributed by atoms with E-state index in [4.69, 9.17) is 58.1 Å². The topological polar surface area (TPSA) is 170 Å². The van der Waals surface area contributed by atoms with E-state index in [-0.39, 0.29) is 0 Å². The van der Waals surface area contributed by atoms with Crippen molar-refractivity contribution in [2.45, 2.75) is 0 Å². The van der Waals surface area contributed by atoms with E-state index in [1.807, 2.05) is 182 Å². The van der Waals surface area contributed by atoms with Gasteiger partial charge in [-0.1, -0.05) is 340 Å². The fraction of sp³-hybridized carbons (Fsp3) is 0. The number of rotatable bonds is 12. The van der Waals surface area contributed by atoms with Gasteiger partial charge in [-0.3, -0.25) is 13.7 Å². The van der Waals surface area contributed by atoms with Crippen molar-refractivity contribution in [1.82, 2.24) is 58.6 Å². The first-order valence-electron chi connectivity index (χ1n) is 43.9. The summed E-state index contributed by atoms with van der Waals surface area (Å²) in [5.41, 5.74) is 23.6. The van der Waals surface area contributed by atoms with Gasteiger partial charge in [-0.15, -0.1) is 0 Å². The normalized spacial score (nSPS) is 11.6. The van der Waals surface area contributed by atoms with Gasteiger partial charge in [0.25, 0.3) is 0 Å². The number of furan rings is 3. The minimum absolute atomic E-state index is 0.565. The number of benzene rings is 18. The molecule has 9 heterocycles. The van der Waals surface area contributed by atoms with Gasteiger partial charge in [0.1, 0.15) is 33.5 Å². The molecule has 0 atom stereocenters. The van der Waals surface area contributed by atoms with Crippen molar-refractivity contribution in [1.29, 1.82) is 0 Å². The van der Waals surface area contributed by atoms with Crippen LogP contribution in [0, 0.1) is 0 Å². The molecule has 18 aromatic carbocycles. The van der Waals surface area contributed by atoms with Crippen molar-refractivity contribution in [3.05, 3.63) is 437 Å². The van der Waals surface area contributed by atoms with Gasteiger partial charge in [0.2, 0.25) is 17.8 Å².